The Morgan fingerprint density at radius 1 is 1.59 bits per heavy atom. The Kier molecular flexibility index (Phi) is 4.91. The number of hydrogen-bond acceptors (Lipinski definition) is 7. The summed E-state index contributed by atoms with van der Waals surface area (Å²) in [7, 11) is 0. The number of nitrogens with zero attached hydrogens (tertiary/aromatic N) is 2. The van der Waals surface area contributed by atoms with Gasteiger partial charge in [0.25, 0.3) is 0 Å². The fourth-order valence-electron chi connectivity index (χ4n) is 0.852. The van der Waals surface area contributed by atoms with Crippen molar-refractivity contribution in [3.05, 3.63) is 5.89 Å². The summed E-state index contributed by atoms with van der Waals surface area (Å²) in [6.07, 6.45) is 0. The molecule has 8 nitrogen and oxygen atoms in total. The molecule has 0 bridgehead atoms. The highest BCUT2D eigenvalue weighted by Gasteiger charge is 2.13. The fraction of sp³-hybridized carbons (Fsp3) is 0.500. The number of aryl methyl sites for hydroxylation is 1. The van der Waals surface area contributed by atoms with Gasteiger partial charge in [0, 0.05) is 12.7 Å². The minimum Gasteiger partial charge on any atom is -0.480 e. The van der Waals surface area contributed by atoms with Gasteiger partial charge in [-0.2, -0.15) is 0 Å². The molecule has 0 saturated carbocycles. The molecule has 0 aliphatic heterocycles. The van der Waals surface area contributed by atoms with Crippen LogP contribution >= 0.6 is 11.8 Å². The Balaban J connectivity index is 2.24. The van der Waals surface area contributed by atoms with Gasteiger partial charge in [-0.15, -0.1) is 16.9 Å². The van der Waals surface area contributed by atoms with Crippen LogP contribution in [0.3, 0.4) is 0 Å². The fourth-order valence-corrected chi connectivity index (χ4v) is 1.62. The van der Waals surface area contributed by atoms with Gasteiger partial charge in [0.1, 0.15) is 6.04 Å². The monoisotopic (exact) mass is 260 g/mol. The van der Waals surface area contributed by atoms with Crippen molar-refractivity contribution in [1.29, 1.82) is 0 Å². The van der Waals surface area contributed by atoms with Crippen LogP contribution in [-0.4, -0.2) is 44.7 Å². The lowest BCUT2D eigenvalue weighted by Gasteiger charge is -2.04. The van der Waals surface area contributed by atoms with E-state index in [1.54, 1.807) is 6.92 Å². The van der Waals surface area contributed by atoms with Crippen LogP contribution in [0.5, 0.6) is 0 Å². The number of aromatic nitrogens is 2. The van der Waals surface area contributed by atoms with Crippen molar-refractivity contribution in [2.24, 2.45) is 5.73 Å². The van der Waals surface area contributed by atoms with Gasteiger partial charge in [-0.3, -0.25) is 14.9 Å². The van der Waals surface area contributed by atoms with Gasteiger partial charge in [-0.1, -0.05) is 5.10 Å². The quantitative estimate of drug-likeness (QED) is 0.621. The molecule has 0 radical (unpaired) electrons. The number of hydrogen-bond donors (Lipinski definition) is 3. The van der Waals surface area contributed by atoms with Crippen molar-refractivity contribution in [3.8, 4) is 0 Å². The standard InChI is InChI=1S/C8H12N4O4S/c1-4-11-12-8(16-4)10-6(13)3-17-2-5(9)7(14)15/h5H,2-3,9H2,1H3,(H,14,15)(H,10,12,13)/t5-/m1/s1. The lowest BCUT2D eigenvalue weighted by molar-refractivity contribution is -0.137. The summed E-state index contributed by atoms with van der Waals surface area (Å²) >= 11 is 1.12. The van der Waals surface area contributed by atoms with E-state index in [0.717, 1.165) is 11.8 Å². The molecule has 1 rings (SSSR count). The lowest BCUT2D eigenvalue weighted by atomic mass is 10.4. The third kappa shape index (κ3) is 4.83. The Labute approximate surface area is 101 Å². The highest BCUT2D eigenvalue weighted by Crippen LogP contribution is 2.06. The smallest absolute Gasteiger partial charge is 0.322 e. The normalized spacial score (nSPS) is 12.1. The largest absolute Gasteiger partial charge is 0.480 e. The molecule has 9 heteroatoms. The van der Waals surface area contributed by atoms with Crippen LogP contribution < -0.4 is 11.1 Å². The molecule has 94 valence electrons. The number of carbonyl (C=O) groups is 2. The third-order valence-electron chi connectivity index (χ3n) is 1.62. The molecule has 0 unspecified atom stereocenters. The molecule has 0 saturated heterocycles. The summed E-state index contributed by atoms with van der Waals surface area (Å²) in [6, 6.07) is -0.950. The molecule has 0 aliphatic carbocycles. The van der Waals surface area contributed by atoms with Crippen molar-refractivity contribution < 1.29 is 19.1 Å². The number of thioether (sulfide) groups is 1. The molecule has 1 aromatic heterocycles. The SMILES string of the molecule is Cc1nnc(NC(=O)CSC[C@@H](N)C(=O)O)o1. The molecule has 1 heterocycles. The lowest BCUT2D eigenvalue weighted by Crippen LogP contribution is -2.33. The number of anilines is 1. The number of carbonyl (C=O) groups excluding carboxylic acids is 1. The molecule has 17 heavy (non-hydrogen) atoms. The number of carboxylic acids is 1. The van der Waals surface area contributed by atoms with Gasteiger partial charge in [0.15, 0.2) is 0 Å². The average molecular weight is 260 g/mol. The predicted octanol–water partition coefficient (Wildman–Crippen LogP) is -0.538. The van der Waals surface area contributed by atoms with E-state index in [2.05, 4.69) is 15.5 Å². The van der Waals surface area contributed by atoms with Gasteiger partial charge in [0.05, 0.1) is 5.75 Å². The maximum absolute atomic E-state index is 11.3. The van der Waals surface area contributed by atoms with Crippen LogP contribution in [-0.2, 0) is 9.59 Å². The topological polar surface area (TPSA) is 131 Å². The molecule has 0 spiro atoms. The zero-order valence-electron chi connectivity index (χ0n) is 9.04. The van der Waals surface area contributed by atoms with Crippen molar-refractivity contribution in [2.75, 3.05) is 16.8 Å². The molecule has 1 amide bonds. The second kappa shape index (κ2) is 6.21. The summed E-state index contributed by atoms with van der Waals surface area (Å²) in [6.45, 7) is 1.60. The van der Waals surface area contributed by atoms with E-state index in [1.165, 1.54) is 0 Å². The highest BCUT2D eigenvalue weighted by molar-refractivity contribution is 8.00. The van der Waals surface area contributed by atoms with E-state index in [-0.39, 0.29) is 23.4 Å². The number of nitrogens with one attached hydrogen (secondary N) is 1. The van der Waals surface area contributed by atoms with Crippen LogP contribution in [0.1, 0.15) is 5.89 Å². The molecular formula is C8H12N4O4S. The van der Waals surface area contributed by atoms with Crippen LogP contribution in [0.4, 0.5) is 6.01 Å². The molecule has 4 N–H and O–H groups in total. The van der Waals surface area contributed by atoms with E-state index >= 15 is 0 Å². The molecule has 1 aromatic rings. The maximum atomic E-state index is 11.3. The summed E-state index contributed by atoms with van der Waals surface area (Å²) in [5.74, 6) is -0.865. The van der Waals surface area contributed by atoms with E-state index in [0.29, 0.717) is 5.89 Å². The van der Waals surface area contributed by atoms with Crippen LogP contribution in [0, 0.1) is 6.92 Å². The first kappa shape index (κ1) is 13.5. The average Bonchev–Trinajstić information content (AvgIpc) is 2.63. The Morgan fingerprint density at radius 2 is 2.29 bits per heavy atom. The van der Waals surface area contributed by atoms with Crippen molar-refractivity contribution >= 4 is 29.7 Å². The van der Waals surface area contributed by atoms with Gasteiger partial charge in [-0.25, -0.2) is 0 Å². The van der Waals surface area contributed by atoms with Gasteiger partial charge in [0.2, 0.25) is 11.8 Å². The van der Waals surface area contributed by atoms with E-state index in [9.17, 15) is 9.59 Å². The highest BCUT2D eigenvalue weighted by atomic mass is 32.2. The van der Waals surface area contributed by atoms with Crippen LogP contribution in [0.25, 0.3) is 0 Å². The molecular weight excluding hydrogens is 248 g/mol. The van der Waals surface area contributed by atoms with Crippen LogP contribution in [0.2, 0.25) is 0 Å². The van der Waals surface area contributed by atoms with Gasteiger partial charge >= 0.3 is 12.0 Å². The first-order valence-corrected chi connectivity index (χ1v) is 5.80. The zero-order chi connectivity index (χ0) is 12.8. The molecule has 1 atom stereocenters. The summed E-state index contributed by atoms with van der Waals surface area (Å²) in [5.41, 5.74) is 5.27. The molecule has 0 fully saturated rings. The maximum Gasteiger partial charge on any atom is 0.322 e. The first-order chi connectivity index (χ1) is 7.99. The minimum absolute atomic E-state index is 0.0237. The number of rotatable bonds is 6. The van der Waals surface area contributed by atoms with Crippen LogP contribution in [0.15, 0.2) is 4.42 Å². The summed E-state index contributed by atoms with van der Waals surface area (Å²) < 4.78 is 4.94. The molecule has 0 aliphatic rings. The van der Waals surface area contributed by atoms with Gasteiger partial charge < -0.3 is 15.3 Å². The summed E-state index contributed by atoms with van der Waals surface area (Å²) in [5, 5.41) is 18.0. The van der Waals surface area contributed by atoms with E-state index in [1.807, 2.05) is 0 Å². The van der Waals surface area contributed by atoms with Crippen molar-refractivity contribution in [2.45, 2.75) is 13.0 Å². The van der Waals surface area contributed by atoms with Crippen molar-refractivity contribution in [3.63, 3.8) is 0 Å². The third-order valence-corrected chi connectivity index (χ3v) is 2.68. The second-order valence-corrected chi connectivity index (χ2v) is 4.16. The zero-order valence-corrected chi connectivity index (χ0v) is 9.86. The van der Waals surface area contributed by atoms with Gasteiger partial charge in [-0.05, 0) is 0 Å². The van der Waals surface area contributed by atoms with E-state index in [4.69, 9.17) is 15.3 Å². The number of carboxylic acid groups (broad SMARTS) is 1. The first-order valence-electron chi connectivity index (χ1n) is 4.65. The Hall–Kier alpha value is -1.61. The minimum atomic E-state index is -1.09. The van der Waals surface area contributed by atoms with E-state index < -0.39 is 12.0 Å². The summed E-state index contributed by atoms with van der Waals surface area (Å²) in [4.78, 5) is 21.7. The number of nitrogens with two attached hydrogens (primary N) is 1. The second-order valence-electron chi connectivity index (χ2n) is 3.13. The molecule has 0 aromatic carbocycles. The number of amides is 1. The number of aliphatic carboxylic acids is 1. The Morgan fingerprint density at radius 3 is 2.82 bits per heavy atom. The predicted molar refractivity (Wildman–Crippen MR) is 60.6 cm³/mol. The van der Waals surface area contributed by atoms with Crippen molar-refractivity contribution in [1.82, 2.24) is 10.2 Å². The Bertz CT molecular complexity index is 408.